The lowest BCUT2D eigenvalue weighted by molar-refractivity contribution is -0.128. The Morgan fingerprint density at radius 3 is 2.68 bits per heavy atom. The van der Waals surface area contributed by atoms with Gasteiger partial charge in [-0.15, -0.1) is 0 Å². The van der Waals surface area contributed by atoms with E-state index in [0.29, 0.717) is 11.3 Å². The number of carbonyl (C=O) groups is 2. The molecule has 116 valence electrons. The van der Waals surface area contributed by atoms with E-state index in [1.807, 2.05) is 6.07 Å². The zero-order valence-electron chi connectivity index (χ0n) is 12.1. The molecule has 1 atom stereocenters. The largest absolute Gasteiger partial charge is 0.481 e. The number of carbonyl (C=O) groups excluding carboxylic acids is 2. The highest BCUT2D eigenvalue weighted by Gasteiger charge is 2.17. The van der Waals surface area contributed by atoms with Gasteiger partial charge in [0.25, 0.3) is 5.91 Å². The van der Waals surface area contributed by atoms with Crippen molar-refractivity contribution in [3.8, 4) is 5.75 Å². The molecule has 0 saturated carbocycles. The van der Waals surface area contributed by atoms with Crippen molar-refractivity contribution in [2.24, 2.45) is 0 Å². The summed E-state index contributed by atoms with van der Waals surface area (Å²) in [5.41, 5.74) is 5.26. The highest BCUT2D eigenvalue weighted by molar-refractivity contribution is 9.10. The normalized spacial score (nSPS) is 11.6. The van der Waals surface area contributed by atoms with Crippen LogP contribution >= 0.6 is 15.9 Å². The van der Waals surface area contributed by atoms with Gasteiger partial charge in [0.15, 0.2) is 11.9 Å². The molecule has 0 aliphatic heterocycles. The molecule has 2 N–H and O–H groups in total. The molecule has 7 heteroatoms. The van der Waals surface area contributed by atoms with Crippen LogP contribution < -0.4 is 15.6 Å². The minimum absolute atomic E-state index is 0.154. The third kappa shape index (κ3) is 4.11. The van der Waals surface area contributed by atoms with E-state index in [-0.39, 0.29) is 5.76 Å². The number of nitrogens with one attached hydrogen (secondary N) is 2. The van der Waals surface area contributed by atoms with Gasteiger partial charge < -0.3 is 9.15 Å². The second-order valence-corrected chi connectivity index (χ2v) is 5.51. The highest BCUT2D eigenvalue weighted by Crippen LogP contribution is 2.18. The third-order valence-electron chi connectivity index (χ3n) is 2.85. The van der Waals surface area contributed by atoms with Crippen LogP contribution in [0.3, 0.4) is 0 Å². The molecule has 1 heterocycles. The summed E-state index contributed by atoms with van der Waals surface area (Å²) in [6.07, 6.45) is 0.637. The molecule has 0 aliphatic rings. The van der Waals surface area contributed by atoms with Crippen molar-refractivity contribution in [3.63, 3.8) is 0 Å². The molecule has 0 radical (unpaired) electrons. The second-order valence-electron chi connectivity index (χ2n) is 4.59. The highest BCUT2D eigenvalue weighted by atomic mass is 79.9. The van der Waals surface area contributed by atoms with Crippen molar-refractivity contribution >= 4 is 27.7 Å². The number of benzene rings is 1. The SMILES string of the molecule is Cc1ccoc1C(=O)NNC(=O)C(C)Oc1cccc(Br)c1. The zero-order valence-corrected chi connectivity index (χ0v) is 13.6. The van der Waals surface area contributed by atoms with E-state index in [9.17, 15) is 9.59 Å². The Bertz CT molecular complexity index is 684. The number of furan rings is 1. The zero-order chi connectivity index (χ0) is 16.1. The van der Waals surface area contributed by atoms with Crippen LogP contribution in [0.5, 0.6) is 5.75 Å². The molecule has 0 fully saturated rings. The first-order valence-electron chi connectivity index (χ1n) is 6.54. The van der Waals surface area contributed by atoms with Gasteiger partial charge in [-0.05, 0) is 38.1 Å². The molecule has 0 spiro atoms. The maximum absolute atomic E-state index is 11.9. The lowest BCUT2D eigenvalue weighted by atomic mass is 10.3. The first kappa shape index (κ1) is 16.1. The summed E-state index contributed by atoms with van der Waals surface area (Å²) in [4.78, 5) is 23.7. The standard InChI is InChI=1S/C15H15BrN2O4/c1-9-6-7-21-13(9)15(20)18-17-14(19)10(2)22-12-5-3-4-11(16)8-12/h3-8,10H,1-2H3,(H,17,19)(H,18,20). The van der Waals surface area contributed by atoms with E-state index in [2.05, 4.69) is 26.8 Å². The predicted octanol–water partition coefficient (Wildman–Crippen LogP) is 2.58. The summed E-state index contributed by atoms with van der Waals surface area (Å²) in [5.74, 6) is -0.297. The molecular weight excluding hydrogens is 352 g/mol. The molecule has 2 rings (SSSR count). The lowest BCUT2D eigenvalue weighted by Gasteiger charge is -2.15. The number of ether oxygens (including phenoxy) is 1. The molecular formula is C15H15BrN2O4. The molecule has 0 aliphatic carbocycles. The van der Waals surface area contributed by atoms with Gasteiger partial charge in [-0.25, -0.2) is 0 Å². The topological polar surface area (TPSA) is 80.6 Å². The molecule has 2 amide bonds. The summed E-state index contributed by atoms with van der Waals surface area (Å²) in [6, 6.07) is 8.79. The van der Waals surface area contributed by atoms with E-state index in [1.54, 1.807) is 38.1 Å². The summed E-state index contributed by atoms with van der Waals surface area (Å²) in [5, 5.41) is 0. The molecule has 6 nitrogen and oxygen atoms in total. The smallest absolute Gasteiger partial charge is 0.305 e. The molecule has 0 bridgehead atoms. The number of amides is 2. The first-order valence-corrected chi connectivity index (χ1v) is 7.33. The van der Waals surface area contributed by atoms with Crippen LogP contribution in [0.15, 0.2) is 45.5 Å². The number of rotatable bonds is 4. The molecule has 22 heavy (non-hydrogen) atoms. The average Bonchev–Trinajstić information content (AvgIpc) is 2.90. The maximum Gasteiger partial charge on any atom is 0.305 e. The van der Waals surface area contributed by atoms with Crippen molar-refractivity contribution in [2.45, 2.75) is 20.0 Å². The van der Waals surface area contributed by atoms with Crippen LogP contribution in [0.2, 0.25) is 0 Å². The van der Waals surface area contributed by atoms with Crippen LogP contribution in [0, 0.1) is 6.92 Å². The van der Waals surface area contributed by atoms with Crippen molar-refractivity contribution in [1.82, 2.24) is 10.9 Å². The molecule has 0 saturated heterocycles. The second kappa shape index (κ2) is 7.13. The molecule has 1 aromatic carbocycles. The van der Waals surface area contributed by atoms with Crippen LogP contribution in [-0.2, 0) is 4.79 Å². The van der Waals surface area contributed by atoms with Gasteiger partial charge >= 0.3 is 5.91 Å². The van der Waals surface area contributed by atoms with E-state index in [4.69, 9.17) is 9.15 Å². The fourth-order valence-corrected chi connectivity index (χ4v) is 2.06. The summed E-state index contributed by atoms with van der Waals surface area (Å²) >= 11 is 3.32. The monoisotopic (exact) mass is 366 g/mol. The van der Waals surface area contributed by atoms with Gasteiger partial charge in [0.1, 0.15) is 5.75 Å². The molecule has 1 aromatic heterocycles. The van der Waals surface area contributed by atoms with E-state index >= 15 is 0 Å². The maximum atomic E-state index is 11.9. The fraction of sp³-hybridized carbons (Fsp3) is 0.200. The third-order valence-corrected chi connectivity index (χ3v) is 3.34. The minimum atomic E-state index is -0.771. The van der Waals surface area contributed by atoms with Crippen LogP contribution in [-0.4, -0.2) is 17.9 Å². The van der Waals surface area contributed by atoms with Crippen LogP contribution in [0.4, 0.5) is 0 Å². The lowest BCUT2D eigenvalue weighted by Crippen LogP contribution is -2.47. The average molecular weight is 367 g/mol. The molecule has 2 aromatic rings. The Morgan fingerprint density at radius 1 is 1.27 bits per heavy atom. The predicted molar refractivity (Wildman–Crippen MR) is 83.3 cm³/mol. The number of hydrogen-bond donors (Lipinski definition) is 2. The fourth-order valence-electron chi connectivity index (χ4n) is 1.68. The van der Waals surface area contributed by atoms with Gasteiger partial charge in [-0.2, -0.15) is 0 Å². The van der Waals surface area contributed by atoms with Gasteiger partial charge in [0, 0.05) is 10.0 Å². The quantitative estimate of drug-likeness (QED) is 0.814. The van der Waals surface area contributed by atoms with Crippen LogP contribution in [0.1, 0.15) is 23.0 Å². The van der Waals surface area contributed by atoms with Crippen molar-refractivity contribution in [3.05, 3.63) is 52.4 Å². The summed E-state index contributed by atoms with van der Waals surface area (Å²) in [6.45, 7) is 3.32. The van der Waals surface area contributed by atoms with Crippen molar-refractivity contribution in [2.75, 3.05) is 0 Å². The van der Waals surface area contributed by atoms with Crippen molar-refractivity contribution < 1.29 is 18.7 Å². The Hall–Kier alpha value is -2.28. The van der Waals surface area contributed by atoms with E-state index < -0.39 is 17.9 Å². The van der Waals surface area contributed by atoms with Gasteiger partial charge in [0.2, 0.25) is 0 Å². The Labute approximate surface area is 135 Å². The van der Waals surface area contributed by atoms with Crippen molar-refractivity contribution in [1.29, 1.82) is 0 Å². The summed E-state index contributed by atoms with van der Waals surface area (Å²) < 4.78 is 11.4. The minimum Gasteiger partial charge on any atom is -0.481 e. The Balaban J connectivity index is 1.86. The number of hydrogen-bond acceptors (Lipinski definition) is 4. The van der Waals surface area contributed by atoms with E-state index in [1.165, 1.54) is 6.26 Å². The van der Waals surface area contributed by atoms with E-state index in [0.717, 1.165) is 4.47 Å². The van der Waals surface area contributed by atoms with Gasteiger partial charge in [0.05, 0.1) is 6.26 Å². The Morgan fingerprint density at radius 2 is 2.05 bits per heavy atom. The van der Waals surface area contributed by atoms with Gasteiger partial charge in [-0.3, -0.25) is 20.4 Å². The van der Waals surface area contributed by atoms with Crippen LogP contribution in [0.25, 0.3) is 0 Å². The first-order chi connectivity index (χ1) is 10.5. The summed E-state index contributed by atoms with van der Waals surface area (Å²) in [7, 11) is 0. The Kier molecular flexibility index (Phi) is 5.21. The number of halogens is 1. The number of hydrazine groups is 1. The van der Waals surface area contributed by atoms with Gasteiger partial charge in [-0.1, -0.05) is 22.0 Å². The number of aryl methyl sites for hydroxylation is 1. The molecule has 1 unspecified atom stereocenters.